The molecule has 1 aliphatic heterocycles. The number of rotatable bonds is 10. The van der Waals surface area contributed by atoms with Crippen molar-refractivity contribution < 1.29 is 9.47 Å². The second-order valence-corrected chi connectivity index (χ2v) is 9.42. The van der Waals surface area contributed by atoms with Crippen LogP contribution < -0.4 is 10.1 Å². The van der Waals surface area contributed by atoms with E-state index in [9.17, 15) is 0 Å². The van der Waals surface area contributed by atoms with Crippen LogP contribution in [-0.4, -0.2) is 57.9 Å². The van der Waals surface area contributed by atoms with Crippen molar-refractivity contribution >= 4 is 15.9 Å². The number of halogens is 1. The summed E-state index contributed by atoms with van der Waals surface area (Å²) in [7, 11) is 3.52. The second-order valence-electron chi connectivity index (χ2n) is 8.57. The van der Waals surface area contributed by atoms with Crippen LogP contribution in [0.4, 0.5) is 0 Å². The lowest BCUT2D eigenvalue weighted by Gasteiger charge is -2.30. The predicted octanol–water partition coefficient (Wildman–Crippen LogP) is 4.51. The first-order chi connectivity index (χ1) is 13.7. The number of benzene rings is 1. The Morgan fingerprint density at radius 1 is 1.11 bits per heavy atom. The molecule has 0 bridgehead atoms. The molecule has 1 aliphatic carbocycles. The molecule has 0 radical (unpaired) electrons. The van der Waals surface area contributed by atoms with Crippen LogP contribution >= 0.6 is 15.9 Å². The molecule has 1 atom stereocenters. The highest BCUT2D eigenvalue weighted by Crippen LogP contribution is 2.30. The van der Waals surface area contributed by atoms with Gasteiger partial charge in [0.15, 0.2) is 0 Å². The summed E-state index contributed by atoms with van der Waals surface area (Å²) in [6, 6.07) is 7.03. The molecule has 3 rings (SSSR count). The fraction of sp³-hybridized carbons (Fsp3) is 0.739. The Balaban J connectivity index is 1.34. The molecule has 2 fully saturated rings. The zero-order chi connectivity index (χ0) is 19.8. The van der Waals surface area contributed by atoms with E-state index in [4.69, 9.17) is 9.47 Å². The summed E-state index contributed by atoms with van der Waals surface area (Å²) < 4.78 is 11.7. The van der Waals surface area contributed by atoms with Crippen molar-refractivity contribution in [1.82, 2.24) is 10.2 Å². The van der Waals surface area contributed by atoms with Gasteiger partial charge in [-0.05, 0) is 93.6 Å². The summed E-state index contributed by atoms with van der Waals surface area (Å²) >= 11 is 3.71. The minimum absolute atomic E-state index is 0.712. The molecule has 28 heavy (non-hydrogen) atoms. The molecule has 1 N–H and O–H groups in total. The largest absolute Gasteiger partial charge is 0.497 e. The van der Waals surface area contributed by atoms with Crippen molar-refractivity contribution in [2.45, 2.75) is 51.0 Å². The lowest BCUT2D eigenvalue weighted by atomic mass is 9.84. The summed E-state index contributed by atoms with van der Waals surface area (Å²) in [5.41, 5.74) is 1.38. The molecule has 0 spiro atoms. The van der Waals surface area contributed by atoms with Crippen LogP contribution in [0.5, 0.6) is 5.75 Å². The van der Waals surface area contributed by atoms with Gasteiger partial charge in [0.1, 0.15) is 5.75 Å². The van der Waals surface area contributed by atoms with Gasteiger partial charge in [0.05, 0.1) is 13.7 Å². The van der Waals surface area contributed by atoms with Crippen molar-refractivity contribution in [2.24, 2.45) is 11.8 Å². The number of likely N-dealkylation sites (tertiary alicyclic amines) is 1. The SMILES string of the molecule is COCCNC1CCC(CCN2CCC(Cc3cc(OC)ccc3Br)C2)CC1. The van der Waals surface area contributed by atoms with E-state index in [0.717, 1.165) is 37.2 Å². The van der Waals surface area contributed by atoms with E-state index in [1.165, 1.54) is 68.2 Å². The van der Waals surface area contributed by atoms with Gasteiger partial charge in [-0.1, -0.05) is 15.9 Å². The second kappa shape index (κ2) is 11.5. The zero-order valence-electron chi connectivity index (χ0n) is 17.6. The highest BCUT2D eigenvalue weighted by molar-refractivity contribution is 9.10. The van der Waals surface area contributed by atoms with Gasteiger partial charge < -0.3 is 19.7 Å². The molecule has 1 heterocycles. The van der Waals surface area contributed by atoms with Crippen molar-refractivity contribution in [3.63, 3.8) is 0 Å². The van der Waals surface area contributed by atoms with Gasteiger partial charge in [-0.25, -0.2) is 0 Å². The molecular weight excluding hydrogens is 416 g/mol. The van der Waals surface area contributed by atoms with Crippen molar-refractivity contribution in [3.05, 3.63) is 28.2 Å². The molecule has 2 aliphatic rings. The van der Waals surface area contributed by atoms with Crippen LogP contribution in [0, 0.1) is 11.8 Å². The van der Waals surface area contributed by atoms with Gasteiger partial charge >= 0.3 is 0 Å². The fourth-order valence-electron chi connectivity index (χ4n) is 4.81. The van der Waals surface area contributed by atoms with Gasteiger partial charge in [-0.15, -0.1) is 0 Å². The lowest BCUT2D eigenvalue weighted by Crippen LogP contribution is -2.35. The van der Waals surface area contributed by atoms with Crippen LogP contribution in [0.25, 0.3) is 0 Å². The minimum atomic E-state index is 0.712. The normalized spacial score (nSPS) is 25.9. The van der Waals surface area contributed by atoms with E-state index in [0.29, 0.717) is 6.04 Å². The van der Waals surface area contributed by atoms with E-state index in [2.05, 4.69) is 38.3 Å². The number of hydrogen-bond acceptors (Lipinski definition) is 4. The molecule has 1 aromatic carbocycles. The maximum Gasteiger partial charge on any atom is 0.119 e. The Morgan fingerprint density at radius 3 is 2.68 bits per heavy atom. The van der Waals surface area contributed by atoms with E-state index >= 15 is 0 Å². The van der Waals surface area contributed by atoms with Gasteiger partial charge in [0.2, 0.25) is 0 Å². The summed E-state index contributed by atoms with van der Waals surface area (Å²) in [6.07, 6.45) is 9.28. The average molecular weight is 453 g/mol. The summed E-state index contributed by atoms with van der Waals surface area (Å²) in [6.45, 7) is 5.60. The summed E-state index contributed by atoms with van der Waals surface area (Å²) in [4.78, 5) is 2.70. The van der Waals surface area contributed by atoms with E-state index in [1.807, 2.05) is 6.07 Å². The third-order valence-electron chi connectivity index (χ3n) is 6.57. The van der Waals surface area contributed by atoms with Crippen LogP contribution in [-0.2, 0) is 11.2 Å². The predicted molar refractivity (Wildman–Crippen MR) is 119 cm³/mol. The molecule has 1 unspecified atom stereocenters. The van der Waals surface area contributed by atoms with Gasteiger partial charge in [-0.3, -0.25) is 0 Å². The Kier molecular flexibility index (Phi) is 9.09. The van der Waals surface area contributed by atoms with Gasteiger partial charge in [-0.2, -0.15) is 0 Å². The van der Waals surface area contributed by atoms with Crippen molar-refractivity contribution in [1.29, 1.82) is 0 Å². The Hall–Kier alpha value is -0.620. The topological polar surface area (TPSA) is 33.7 Å². The maximum atomic E-state index is 5.39. The standard InChI is InChI=1S/C23H37BrN2O2/c1-27-14-11-25-21-5-3-18(4-6-21)9-12-26-13-10-19(17-26)15-20-16-22(28-2)7-8-23(20)24/h7-8,16,18-19,21,25H,3-6,9-15,17H2,1-2H3. The Bertz CT molecular complexity index is 590. The van der Waals surface area contributed by atoms with Crippen LogP contribution in [0.1, 0.15) is 44.1 Å². The first-order valence-corrected chi connectivity index (χ1v) is 11.7. The van der Waals surface area contributed by atoms with Crippen LogP contribution in [0.15, 0.2) is 22.7 Å². The quantitative estimate of drug-likeness (QED) is 0.529. The number of methoxy groups -OCH3 is 2. The third kappa shape index (κ3) is 6.72. The number of ether oxygens (including phenoxy) is 2. The smallest absolute Gasteiger partial charge is 0.119 e. The Labute approximate surface area is 179 Å². The van der Waals surface area contributed by atoms with Crippen LogP contribution in [0.2, 0.25) is 0 Å². The van der Waals surface area contributed by atoms with E-state index < -0.39 is 0 Å². The minimum Gasteiger partial charge on any atom is -0.497 e. The summed E-state index contributed by atoms with van der Waals surface area (Å²) in [5.74, 6) is 2.65. The zero-order valence-corrected chi connectivity index (χ0v) is 19.2. The molecule has 1 aromatic rings. The third-order valence-corrected chi connectivity index (χ3v) is 7.34. The maximum absolute atomic E-state index is 5.39. The molecule has 158 valence electrons. The first-order valence-electron chi connectivity index (χ1n) is 10.9. The first kappa shape index (κ1) is 22.1. The molecule has 1 saturated heterocycles. The van der Waals surface area contributed by atoms with E-state index in [-0.39, 0.29) is 0 Å². The van der Waals surface area contributed by atoms with Gasteiger partial charge in [0, 0.05) is 30.7 Å². The summed E-state index contributed by atoms with van der Waals surface area (Å²) in [5, 5.41) is 3.63. The molecule has 5 heteroatoms. The van der Waals surface area contributed by atoms with Crippen molar-refractivity contribution in [3.8, 4) is 5.75 Å². The average Bonchev–Trinajstić information content (AvgIpc) is 3.16. The monoisotopic (exact) mass is 452 g/mol. The number of nitrogens with one attached hydrogen (secondary N) is 1. The highest BCUT2D eigenvalue weighted by Gasteiger charge is 2.25. The molecule has 4 nitrogen and oxygen atoms in total. The highest BCUT2D eigenvalue weighted by atomic mass is 79.9. The molecular formula is C23H37BrN2O2. The van der Waals surface area contributed by atoms with Crippen molar-refractivity contribution in [2.75, 3.05) is 47.0 Å². The van der Waals surface area contributed by atoms with E-state index in [1.54, 1.807) is 14.2 Å². The molecule has 0 amide bonds. The molecule has 1 saturated carbocycles. The molecule has 0 aromatic heterocycles. The number of nitrogens with zero attached hydrogens (tertiary/aromatic N) is 1. The van der Waals surface area contributed by atoms with Gasteiger partial charge in [0.25, 0.3) is 0 Å². The van der Waals surface area contributed by atoms with Crippen LogP contribution in [0.3, 0.4) is 0 Å². The Morgan fingerprint density at radius 2 is 1.93 bits per heavy atom. The lowest BCUT2D eigenvalue weighted by molar-refractivity contribution is 0.185. The fourth-order valence-corrected chi connectivity index (χ4v) is 5.22. The number of hydrogen-bond donors (Lipinski definition) is 1.